The number of anilines is 6. The lowest BCUT2D eigenvalue weighted by Crippen LogP contribution is -2.28. The smallest absolute Gasteiger partial charge is 0.452 e. The van der Waals surface area contributed by atoms with Gasteiger partial charge in [-0.15, -0.1) is 0 Å². The Hall–Kier alpha value is -6.26. The zero-order valence-corrected chi connectivity index (χ0v) is 27.5. The van der Waals surface area contributed by atoms with E-state index in [1.54, 1.807) is 30.3 Å². The second-order valence-electron chi connectivity index (χ2n) is 11.7. The number of fused-ring (bicyclic) bond motifs is 4. The van der Waals surface area contributed by atoms with Crippen LogP contribution in [0.15, 0.2) is 168 Å². The first-order chi connectivity index (χ1) is 24.7. The Labute approximate surface area is 291 Å². The highest BCUT2D eigenvalue weighted by molar-refractivity contribution is 7.88. The number of nitrogens with zero attached hydrogens (tertiary/aromatic N) is 2. The Kier molecular flexibility index (Phi) is 7.88. The van der Waals surface area contributed by atoms with Crippen LogP contribution in [-0.4, -0.2) is 13.9 Å². The number of hydrogen-bond donors (Lipinski definition) is 0. The van der Waals surface area contributed by atoms with E-state index in [4.69, 9.17) is 8.60 Å². The summed E-state index contributed by atoms with van der Waals surface area (Å²) in [5.74, 6) is -0.559. The quantitative estimate of drug-likeness (QED) is 0.116. The predicted octanol–water partition coefficient (Wildman–Crippen LogP) is 11.9. The minimum absolute atomic E-state index is 0.119. The van der Waals surface area contributed by atoms with Gasteiger partial charge in [0.05, 0.1) is 22.1 Å². The third-order valence-corrected chi connectivity index (χ3v) is 9.51. The first-order valence-electron chi connectivity index (χ1n) is 15.9. The van der Waals surface area contributed by atoms with Gasteiger partial charge in [0.2, 0.25) is 0 Å². The summed E-state index contributed by atoms with van der Waals surface area (Å²) in [5.41, 5.74) is -1.20. The second-order valence-corrected chi connectivity index (χ2v) is 13.2. The van der Waals surface area contributed by atoms with Gasteiger partial charge in [-0.25, -0.2) is 0 Å². The van der Waals surface area contributed by atoms with E-state index in [2.05, 4.69) is 0 Å². The van der Waals surface area contributed by atoms with E-state index in [-0.39, 0.29) is 11.0 Å². The van der Waals surface area contributed by atoms with Crippen LogP contribution in [0.4, 0.5) is 47.3 Å². The molecule has 51 heavy (non-hydrogen) atoms. The summed E-state index contributed by atoms with van der Waals surface area (Å²) in [5, 5.41) is 1.45. The van der Waals surface area contributed by atoms with Crippen molar-refractivity contribution in [1.82, 2.24) is 0 Å². The summed E-state index contributed by atoms with van der Waals surface area (Å²) in [6.45, 7) is 0. The first kappa shape index (κ1) is 32.0. The molecule has 1 aromatic heterocycles. The topological polar surface area (TPSA) is 63.0 Å². The lowest BCUT2D eigenvalue weighted by Gasteiger charge is -2.29. The normalized spacial score (nSPS) is 12.0. The molecule has 0 saturated carbocycles. The van der Waals surface area contributed by atoms with Gasteiger partial charge in [0.25, 0.3) is 0 Å². The van der Waals surface area contributed by atoms with Crippen LogP contribution in [0.25, 0.3) is 32.7 Å². The maximum absolute atomic E-state index is 14.0. The molecule has 0 radical (unpaired) electrons. The van der Waals surface area contributed by atoms with Crippen LogP contribution in [0.3, 0.4) is 0 Å². The van der Waals surface area contributed by atoms with Gasteiger partial charge in [-0.05, 0) is 60.7 Å². The molecule has 0 spiro atoms. The minimum atomic E-state index is -6.11. The fourth-order valence-corrected chi connectivity index (χ4v) is 6.94. The molecule has 0 fully saturated rings. The summed E-state index contributed by atoms with van der Waals surface area (Å²) < 4.78 is 78.9. The monoisotopic (exact) mass is 700 g/mol. The molecule has 0 aliphatic heterocycles. The van der Waals surface area contributed by atoms with Gasteiger partial charge in [0, 0.05) is 33.5 Å². The molecule has 0 aliphatic carbocycles. The molecular formula is C41H27F3N2O4S. The number of hydrogen-bond acceptors (Lipinski definition) is 6. The van der Waals surface area contributed by atoms with Crippen LogP contribution >= 0.6 is 0 Å². The van der Waals surface area contributed by atoms with E-state index in [0.29, 0.717) is 33.1 Å². The highest BCUT2D eigenvalue weighted by Gasteiger charge is 2.49. The molecule has 0 aliphatic rings. The summed E-state index contributed by atoms with van der Waals surface area (Å²) >= 11 is 0. The molecule has 8 rings (SSSR count). The van der Waals surface area contributed by atoms with Crippen molar-refractivity contribution in [2.24, 2.45) is 0 Å². The molecule has 0 amide bonds. The molecule has 6 nitrogen and oxygen atoms in total. The van der Waals surface area contributed by atoms with Gasteiger partial charge >= 0.3 is 15.6 Å². The molecule has 252 valence electrons. The maximum Gasteiger partial charge on any atom is 0.534 e. The molecule has 0 saturated heterocycles. The number of para-hydroxylation sites is 4. The third-order valence-electron chi connectivity index (χ3n) is 8.56. The van der Waals surface area contributed by atoms with Crippen molar-refractivity contribution in [3.63, 3.8) is 0 Å². The summed E-state index contributed by atoms with van der Waals surface area (Å²) in [6.07, 6.45) is 0. The molecule has 7 aromatic carbocycles. The molecule has 0 unspecified atom stereocenters. The van der Waals surface area contributed by atoms with Gasteiger partial charge in [0.1, 0.15) is 5.58 Å². The molecule has 0 bridgehead atoms. The van der Waals surface area contributed by atoms with Gasteiger partial charge in [-0.2, -0.15) is 21.6 Å². The molecule has 1 heterocycles. The number of alkyl halides is 3. The zero-order chi connectivity index (χ0) is 35.2. The molecule has 8 aromatic rings. The largest absolute Gasteiger partial charge is 0.534 e. The standard InChI is InChI=1S/C41H27F3N2O4S/c42-41(43,44)51(47,48)50-39-33-25-14-13-24-32(33)38(46(30-20-9-3-10-21-30)31-22-11-4-12-23-31)37-36-34(26-15-27-35(36)49-40(37)39)45(28-16-5-1-6-17-28)29-18-7-2-8-19-29/h1-27H. The Morgan fingerprint density at radius 1 is 0.510 bits per heavy atom. The van der Waals surface area contributed by atoms with Crippen molar-refractivity contribution < 1.29 is 30.2 Å². The molecule has 0 atom stereocenters. The van der Waals surface area contributed by atoms with Crippen molar-refractivity contribution in [3.8, 4) is 5.75 Å². The maximum atomic E-state index is 14.0. The average Bonchev–Trinajstić information content (AvgIpc) is 3.54. The van der Waals surface area contributed by atoms with E-state index >= 15 is 0 Å². The van der Waals surface area contributed by atoms with Crippen molar-refractivity contribution in [2.75, 3.05) is 9.80 Å². The van der Waals surface area contributed by atoms with Crippen LogP contribution in [0.5, 0.6) is 5.75 Å². The summed E-state index contributed by atoms with van der Waals surface area (Å²) in [4.78, 5) is 4.02. The molecule has 0 N–H and O–H groups in total. The Morgan fingerprint density at radius 2 is 0.961 bits per heavy atom. The van der Waals surface area contributed by atoms with E-state index in [1.807, 2.05) is 137 Å². The number of furan rings is 1. The van der Waals surface area contributed by atoms with Crippen LogP contribution in [0.2, 0.25) is 0 Å². The van der Waals surface area contributed by atoms with E-state index in [9.17, 15) is 21.6 Å². The number of halogens is 3. The molecule has 10 heteroatoms. The van der Waals surface area contributed by atoms with Gasteiger partial charge in [-0.1, -0.05) is 103 Å². The van der Waals surface area contributed by atoms with Crippen molar-refractivity contribution in [3.05, 3.63) is 164 Å². The van der Waals surface area contributed by atoms with Crippen molar-refractivity contribution in [2.45, 2.75) is 5.51 Å². The summed E-state index contributed by atoms with van der Waals surface area (Å²) in [7, 11) is -6.11. The third kappa shape index (κ3) is 5.59. The fourth-order valence-electron chi connectivity index (χ4n) is 6.46. The van der Waals surface area contributed by atoms with E-state index in [0.717, 1.165) is 22.7 Å². The molecular weight excluding hydrogens is 674 g/mol. The minimum Gasteiger partial charge on any atom is -0.452 e. The SMILES string of the molecule is O=S(=O)(Oc1c2ccccc2c(N(c2ccccc2)c2ccccc2)c2c1oc1cccc(N(c3ccccc3)c3ccccc3)c12)C(F)(F)F. The number of benzene rings is 7. The number of rotatable bonds is 8. The Morgan fingerprint density at radius 3 is 1.45 bits per heavy atom. The van der Waals surface area contributed by atoms with Crippen LogP contribution in [0.1, 0.15) is 0 Å². The lowest BCUT2D eigenvalue weighted by atomic mass is 9.98. The fraction of sp³-hybridized carbons (Fsp3) is 0.0244. The van der Waals surface area contributed by atoms with Crippen LogP contribution < -0.4 is 14.0 Å². The van der Waals surface area contributed by atoms with Crippen molar-refractivity contribution in [1.29, 1.82) is 0 Å². The average molecular weight is 701 g/mol. The summed E-state index contributed by atoms with van der Waals surface area (Å²) in [6, 6.07) is 50.4. The van der Waals surface area contributed by atoms with E-state index in [1.165, 1.54) is 6.07 Å². The van der Waals surface area contributed by atoms with Crippen LogP contribution in [0, 0.1) is 0 Å². The predicted molar refractivity (Wildman–Crippen MR) is 196 cm³/mol. The van der Waals surface area contributed by atoms with Crippen molar-refractivity contribution >= 4 is 77.0 Å². The lowest BCUT2D eigenvalue weighted by molar-refractivity contribution is -0.0499. The van der Waals surface area contributed by atoms with Gasteiger partial charge in [-0.3, -0.25) is 0 Å². The Balaban J connectivity index is 1.59. The van der Waals surface area contributed by atoms with Gasteiger partial charge < -0.3 is 18.4 Å². The van der Waals surface area contributed by atoms with Gasteiger partial charge in [0.15, 0.2) is 11.3 Å². The van der Waals surface area contributed by atoms with E-state index < -0.39 is 21.4 Å². The first-order valence-corrected chi connectivity index (χ1v) is 17.3. The Bertz CT molecular complexity index is 2540. The second kappa shape index (κ2) is 12.6. The zero-order valence-electron chi connectivity index (χ0n) is 26.7. The van der Waals surface area contributed by atoms with Crippen LogP contribution in [-0.2, 0) is 10.1 Å². The highest BCUT2D eigenvalue weighted by atomic mass is 32.2. The highest BCUT2D eigenvalue weighted by Crippen LogP contribution is 2.54.